The highest BCUT2D eigenvalue weighted by Crippen LogP contribution is 2.38. The van der Waals surface area contributed by atoms with Gasteiger partial charge in [0.15, 0.2) is 0 Å². The Morgan fingerprint density at radius 1 is 1.42 bits per heavy atom. The number of fused-ring (bicyclic) bond motifs is 1. The van der Waals surface area contributed by atoms with Crippen LogP contribution < -0.4 is 4.74 Å². The SMILES string of the molecule is Cc1cccc2c1OC(F)(F)C2. The van der Waals surface area contributed by atoms with E-state index < -0.39 is 6.11 Å². The zero-order valence-corrected chi connectivity index (χ0v) is 6.60. The van der Waals surface area contributed by atoms with E-state index in [9.17, 15) is 8.78 Å². The van der Waals surface area contributed by atoms with Gasteiger partial charge >= 0.3 is 6.11 Å². The van der Waals surface area contributed by atoms with Gasteiger partial charge in [0.25, 0.3) is 0 Å². The Morgan fingerprint density at radius 3 is 2.83 bits per heavy atom. The van der Waals surface area contributed by atoms with Crippen LogP contribution in [-0.2, 0) is 6.42 Å². The molecule has 0 fully saturated rings. The smallest absolute Gasteiger partial charge is 0.402 e. The molecule has 1 aliphatic heterocycles. The molecule has 1 aromatic rings. The van der Waals surface area contributed by atoms with Gasteiger partial charge in [-0.3, -0.25) is 0 Å². The van der Waals surface area contributed by atoms with Gasteiger partial charge in [-0.25, -0.2) is 0 Å². The molecule has 1 nitrogen and oxygen atoms in total. The van der Waals surface area contributed by atoms with Crippen molar-refractivity contribution in [2.24, 2.45) is 0 Å². The highest BCUT2D eigenvalue weighted by Gasteiger charge is 2.40. The molecule has 0 saturated heterocycles. The monoisotopic (exact) mass is 170 g/mol. The van der Waals surface area contributed by atoms with Crippen molar-refractivity contribution in [3.05, 3.63) is 29.3 Å². The summed E-state index contributed by atoms with van der Waals surface area (Å²) in [6.07, 6.45) is -3.31. The topological polar surface area (TPSA) is 9.23 Å². The van der Waals surface area contributed by atoms with E-state index in [-0.39, 0.29) is 6.42 Å². The van der Waals surface area contributed by atoms with Crippen molar-refractivity contribution in [1.82, 2.24) is 0 Å². The highest BCUT2D eigenvalue weighted by atomic mass is 19.3. The molecule has 1 aromatic carbocycles. The summed E-state index contributed by atoms with van der Waals surface area (Å²) < 4.78 is 29.9. The molecule has 0 aromatic heterocycles. The number of hydrogen-bond acceptors (Lipinski definition) is 1. The molecule has 0 atom stereocenters. The van der Waals surface area contributed by atoms with E-state index in [1.807, 2.05) is 0 Å². The molecule has 1 heterocycles. The van der Waals surface area contributed by atoms with E-state index in [2.05, 4.69) is 4.74 Å². The summed E-state index contributed by atoms with van der Waals surface area (Å²) in [5.74, 6) is 0.350. The minimum atomic E-state index is -3.01. The summed E-state index contributed by atoms with van der Waals surface area (Å²) in [5.41, 5.74) is 1.37. The second-order valence-corrected chi connectivity index (χ2v) is 2.98. The van der Waals surface area contributed by atoms with E-state index in [4.69, 9.17) is 0 Å². The minimum absolute atomic E-state index is 0.302. The van der Waals surface area contributed by atoms with Crippen LogP contribution in [0, 0.1) is 6.92 Å². The highest BCUT2D eigenvalue weighted by molar-refractivity contribution is 5.44. The number of rotatable bonds is 0. The second-order valence-electron chi connectivity index (χ2n) is 2.98. The summed E-state index contributed by atoms with van der Waals surface area (Å²) in [5, 5.41) is 0. The largest absolute Gasteiger partial charge is 0.432 e. The lowest BCUT2D eigenvalue weighted by Crippen LogP contribution is -2.20. The van der Waals surface area contributed by atoms with Crippen molar-refractivity contribution in [1.29, 1.82) is 0 Å². The number of benzene rings is 1. The molecule has 1 aliphatic rings. The summed E-state index contributed by atoms with van der Waals surface area (Å²) in [6.45, 7) is 1.76. The van der Waals surface area contributed by atoms with Gasteiger partial charge in [0, 0.05) is 5.56 Å². The van der Waals surface area contributed by atoms with Crippen molar-refractivity contribution >= 4 is 0 Å². The molecule has 0 aliphatic carbocycles. The Kier molecular flexibility index (Phi) is 1.37. The zero-order valence-electron chi connectivity index (χ0n) is 6.60. The third kappa shape index (κ3) is 1.05. The average molecular weight is 170 g/mol. The lowest BCUT2D eigenvalue weighted by molar-refractivity contribution is -0.159. The molecule has 12 heavy (non-hydrogen) atoms. The first-order valence-corrected chi connectivity index (χ1v) is 3.74. The molecule has 0 N–H and O–H groups in total. The van der Waals surface area contributed by atoms with Crippen LogP contribution in [0.25, 0.3) is 0 Å². The van der Waals surface area contributed by atoms with Crippen molar-refractivity contribution in [3.63, 3.8) is 0 Å². The fourth-order valence-electron chi connectivity index (χ4n) is 1.41. The van der Waals surface area contributed by atoms with Crippen LogP contribution in [0.2, 0.25) is 0 Å². The molecule has 3 heteroatoms. The molecular formula is C9H8F2O. The van der Waals surface area contributed by atoms with Crippen LogP contribution in [0.5, 0.6) is 5.75 Å². The van der Waals surface area contributed by atoms with Gasteiger partial charge in [-0.05, 0) is 12.5 Å². The first-order chi connectivity index (χ1) is 5.58. The van der Waals surface area contributed by atoms with Crippen LogP contribution in [0.1, 0.15) is 11.1 Å². The molecule has 2 rings (SSSR count). The molecule has 0 radical (unpaired) electrons. The van der Waals surface area contributed by atoms with Gasteiger partial charge in [-0.1, -0.05) is 18.2 Å². The predicted molar refractivity (Wildman–Crippen MR) is 40.5 cm³/mol. The second kappa shape index (κ2) is 2.19. The molecule has 0 unspecified atom stereocenters. The number of hydrogen-bond donors (Lipinski definition) is 0. The molecule has 0 amide bonds. The molecule has 0 bridgehead atoms. The van der Waals surface area contributed by atoms with Gasteiger partial charge in [-0.2, -0.15) is 8.78 Å². The van der Waals surface area contributed by atoms with E-state index in [1.165, 1.54) is 0 Å². The fraction of sp³-hybridized carbons (Fsp3) is 0.333. The summed E-state index contributed by atoms with van der Waals surface area (Å²) in [7, 11) is 0. The lowest BCUT2D eigenvalue weighted by atomic mass is 10.1. The summed E-state index contributed by atoms with van der Waals surface area (Å²) in [6, 6.07) is 5.20. The van der Waals surface area contributed by atoms with Gasteiger partial charge in [0.1, 0.15) is 5.75 Å². The Bertz CT molecular complexity index is 320. The fourth-order valence-corrected chi connectivity index (χ4v) is 1.41. The number of alkyl halides is 2. The predicted octanol–water partition coefficient (Wildman–Crippen LogP) is 2.52. The third-order valence-corrected chi connectivity index (χ3v) is 1.94. The first-order valence-electron chi connectivity index (χ1n) is 3.74. The maximum absolute atomic E-state index is 12.7. The maximum atomic E-state index is 12.7. The first kappa shape index (κ1) is 7.53. The number of halogens is 2. The zero-order chi connectivity index (χ0) is 8.77. The van der Waals surface area contributed by atoms with Crippen LogP contribution in [0.3, 0.4) is 0 Å². The van der Waals surface area contributed by atoms with E-state index in [0.717, 1.165) is 5.56 Å². The van der Waals surface area contributed by atoms with Crippen LogP contribution in [0.4, 0.5) is 8.78 Å². The Balaban J connectivity index is 2.48. The van der Waals surface area contributed by atoms with Crippen molar-refractivity contribution < 1.29 is 13.5 Å². The van der Waals surface area contributed by atoms with Crippen LogP contribution >= 0.6 is 0 Å². The molecule has 64 valence electrons. The van der Waals surface area contributed by atoms with E-state index in [0.29, 0.717) is 11.3 Å². The quantitative estimate of drug-likeness (QED) is 0.581. The molecule has 0 spiro atoms. The lowest BCUT2D eigenvalue weighted by Gasteiger charge is -2.08. The third-order valence-electron chi connectivity index (χ3n) is 1.94. The van der Waals surface area contributed by atoms with Crippen LogP contribution in [0.15, 0.2) is 18.2 Å². The van der Waals surface area contributed by atoms with Gasteiger partial charge in [0.2, 0.25) is 0 Å². The van der Waals surface area contributed by atoms with E-state index in [1.54, 1.807) is 25.1 Å². The maximum Gasteiger partial charge on any atom is 0.402 e. The molecule has 0 saturated carbocycles. The number of aryl methyl sites for hydroxylation is 1. The van der Waals surface area contributed by atoms with Gasteiger partial charge in [0.05, 0.1) is 6.42 Å². The number of ether oxygens (including phenoxy) is 1. The number of para-hydroxylation sites is 1. The molecular weight excluding hydrogens is 162 g/mol. The normalized spacial score (nSPS) is 18.6. The minimum Gasteiger partial charge on any atom is -0.432 e. The van der Waals surface area contributed by atoms with Crippen LogP contribution in [-0.4, -0.2) is 6.11 Å². The standard InChI is InChI=1S/C9H8F2O/c1-6-3-2-4-7-5-9(10,11)12-8(6)7/h2-4H,5H2,1H3. The summed E-state index contributed by atoms with van der Waals surface area (Å²) >= 11 is 0. The van der Waals surface area contributed by atoms with Crippen molar-refractivity contribution in [2.75, 3.05) is 0 Å². The van der Waals surface area contributed by atoms with Crippen molar-refractivity contribution in [3.8, 4) is 5.75 Å². The summed E-state index contributed by atoms with van der Waals surface area (Å²) in [4.78, 5) is 0. The Morgan fingerprint density at radius 2 is 2.17 bits per heavy atom. The Labute approximate surface area is 69.0 Å². The van der Waals surface area contributed by atoms with E-state index >= 15 is 0 Å². The van der Waals surface area contributed by atoms with Gasteiger partial charge < -0.3 is 4.74 Å². The van der Waals surface area contributed by atoms with Crippen molar-refractivity contribution in [2.45, 2.75) is 19.5 Å². The van der Waals surface area contributed by atoms with Gasteiger partial charge in [-0.15, -0.1) is 0 Å². The Hall–Kier alpha value is -1.12. The average Bonchev–Trinajstić information content (AvgIpc) is 2.25.